The Morgan fingerprint density at radius 1 is 0.933 bits per heavy atom. The number of carbonyl (C=O) groups excluding carboxylic acids is 2. The van der Waals surface area contributed by atoms with Crippen LogP contribution in [0.25, 0.3) is 0 Å². The number of carboxylic acids is 2. The van der Waals surface area contributed by atoms with Crippen LogP contribution >= 0.6 is 0 Å². The highest BCUT2D eigenvalue weighted by Crippen LogP contribution is 2.04. The van der Waals surface area contributed by atoms with Crippen LogP contribution in [0.4, 0.5) is 0 Å². The minimum atomic E-state index is -1.43. The number of hydrogen-bond acceptors (Lipinski definition) is 7. The third kappa shape index (κ3) is 7.01. The standard InChI is InChI=1S/C17H23N7O6/c18-11(3-9-5-19-7-21-9)15(27)24-13(4-10-6-20-8-22-10)16(28)23-12(17(29)30)1-2-14(25)26/h5-8,11-13H,1-4,18H2,(H,19,21)(H,20,22)(H,23,28)(H,24,27)(H,25,26)(H,29,30)/t11-,12-,13-/m0/s1. The van der Waals surface area contributed by atoms with E-state index in [9.17, 15) is 24.3 Å². The van der Waals surface area contributed by atoms with Gasteiger partial charge in [0.25, 0.3) is 0 Å². The van der Waals surface area contributed by atoms with E-state index < -0.39 is 48.3 Å². The number of aromatic nitrogens is 4. The molecule has 30 heavy (non-hydrogen) atoms. The summed E-state index contributed by atoms with van der Waals surface area (Å²) >= 11 is 0. The van der Waals surface area contributed by atoms with Crippen molar-refractivity contribution >= 4 is 23.8 Å². The molecule has 162 valence electrons. The number of nitrogens with zero attached hydrogens (tertiary/aromatic N) is 2. The number of amides is 2. The van der Waals surface area contributed by atoms with Crippen LogP contribution in [0.2, 0.25) is 0 Å². The highest BCUT2D eigenvalue weighted by molar-refractivity contribution is 5.92. The van der Waals surface area contributed by atoms with E-state index in [0.29, 0.717) is 11.4 Å². The van der Waals surface area contributed by atoms with Gasteiger partial charge in [-0.25, -0.2) is 14.8 Å². The number of aromatic amines is 2. The van der Waals surface area contributed by atoms with Crippen molar-refractivity contribution in [3.8, 4) is 0 Å². The Morgan fingerprint density at radius 3 is 2.00 bits per heavy atom. The van der Waals surface area contributed by atoms with E-state index in [4.69, 9.17) is 10.8 Å². The summed E-state index contributed by atoms with van der Waals surface area (Å²) in [7, 11) is 0. The van der Waals surface area contributed by atoms with E-state index in [1.165, 1.54) is 18.9 Å². The summed E-state index contributed by atoms with van der Waals surface area (Å²) in [5.41, 5.74) is 6.90. The maximum absolute atomic E-state index is 12.7. The van der Waals surface area contributed by atoms with Crippen molar-refractivity contribution in [2.75, 3.05) is 0 Å². The third-order valence-corrected chi connectivity index (χ3v) is 4.18. The first-order chi connectivity index (χ1) is 14.3. The molecule has 2 rings (SSSR count). The zero-order valence-electron chi connectivity index (χ0n) is 15.9. The second-order valence-electron chi connectivity index (χ2n) is 6.53. The Morgan fingerprint density at radius 2 is 1.50 bits per heavy atom. The molecule has 0 spiro atoms. The molecule has 0 aromatic carbocycles. The smallest absolute Gasteiger partial charge is 0.326 e. The van der Waals surface area contributed by atoms with Gasteiger partial charge < -0.3 is 36.5 Å². The minimum Gasteiger partial charge on any atom is -0.481 e. The van der Waals surface area contributed by atoms with Crippen molar-refractivity contribution in [3.05, 3.63) is 36.4 Å². The number of nitrogens with one attached hydrogen (secondary N) is 4. The molecule has 2 amide bonds. The zero-order valence-corrected chi connectivity index (χ0v) is 15.9. The maximum atomic E-state index is 12.7. The molecule has 0 bridgehead atoms. The third-order valence-electron chi connectivity index (χ3n) is 4.18. The number of carboxylic acid groups (broad SMARTS) is 2. The molecule has 3 atom stereocenters. The van der Waals surface area contributed by atoms with Gasteiger partial charge in [0, 0.05) is 31.7 Å². The lowest BCUT2D eigenvalue weighted by molar-refractivity contribution is -0.143. The molecule has 0 aliphatic heterocycles. The molecule has 0 saturated carbocycles. The van der Waals surface area contributed by atoms with Crippen LogP contribution in [-0.2, 0) is 32.0 Å². The SMILES string of the molecule is N[C@@H](Cc1c[nH]cn1)C(=O)N[C@@H](Cc1c[nH]cn1)C(=O)N[C@@H](CCC(=O)O)C(=O)O. The topological polar surface area (TPSA) is 216 Å². The molecule has 0 fully saturated rings. The van der Waals surface area contributed by atoms with Crippen LogP contribution in [0.3, 0.4) is 0 Å². The molecule has 13 nitrogen and oxygen atoms in total. The highest BCUT2D eigenvalue weighted by atomic mass is 16.4. The summed E-state index contributed by atoms with van der Waals surface area (Å²) in [6.45, 7) is 0. The fraction of sp³-hybridized carbons (Fsp3) is 0.412. The first-order valence-corrected chi connectivity index (χ1v) is 9.02. The van der Waals surface area contributed by atoms with Gasteiger partial charge in [0.15, 0.2) is 0 Å². The zero-order chi connectivity index (χ0) is 22.1. The van der Waals surface area contributed by atoms with E-state index in [1.54, 1.807) is 6.20 Å². The van der Waals surface area contributed by atoms with Crippen LogP contribution in [0.5, 0.6) is 0 Å². The molecule has 2 aromatic rings. The molecule has 0 saturated heterocycles. The maximum Gasteiger partial charge on any atom is 0.326 e. The predicted molar refractivity (Wildman–Crippen MR) is 101 cm³/mol. The van der Waals surface area contributed by atoms with Crippen LogP contribution in [0.1, 0.15) is 24.2 Å². The summed E-state index contributed by atoms with van der Waals surface area (Å²) in [6, 6.07) is -3.59. The largest absolute Gasteiger partial charge is 0.481 e. The molecule has 2 heterocycles. The average Bonchev–Trinajstić information content (AvgIpc) is 3.37. The van der Waals surface area contributed by atoms with E-state index in [2.05, 4.69) is 30.6 Å². The van der Waals surface area contributed by atoms with Gasteiger partial charge in [-0.3, -0.25) is 14.4 Å². The van der Waals surface area contributed by atoms with Gasteiger partial charge in [-0.15, -0.1) is 0 Å². The van der Waals surface area contributed by atoms with Crippen molar-refractivity contribution in [1.82, 2.24) is 30.6 Å². The average molecular weight is 421 g/mol. The van der Waals surface area contributed by atoms with Gasteiger partial charge in [-0.05, 0) is 6.42 Å². The molecule has 0 aliphatic carbocycles. The van der Waals surface area contributed by atoms with Gasteiger partial charge in [0.1, 0.15) is 12.1 Å². The van der Waals surface area contributed by atoms with Crippen molar-refractivity contribution in [2.24, 2.45) is 5.73 Å². The van der Waals surface area contributed by atoms with Crippen molar-refractivity contribution in [3.63, 3.8) is 0 Å². The Hall–Kier alpha value is -3.74. The normalized spacial score (nSPS) is 13.8. The van der Waals surface area contributed by atoms with Crippen LogP contribution in [0, 0.1) is 0 Å². The number of imidazole rings is 2. The predicted octanol–water partition coefficient (Wildman–Crippen LogP) is -1.84. The number of nitrogens with two attached hydrogens (primary N) is 1. The highest BCUT2D eigenvalue weighted by Gasteiger charge is 2.29. The van der Waals surface area contributed by atoms with Gasteiger partial charge in [-0.2, -0.15) is 0 Å². The first-order valence-electron chi connectivity index (χ1n) is 9.02. The minimum absolute atomic E-state index is 0.0263. The van der Waals surface area contributed by atoms with Crippen molar-refractivity contribution < 1.29 is 29.4 Å². The van der Waals surface area contributed by atoms with Gasteiger partial charge in [0.05, 0.1) is 30.1 Å². The lowest BCUT2D eigenvalue weighted by Gasteiger charge is -2.22. The van der Waals surface area contributed by atoms with E-state index >= 15 is 0 Å². The summed E-state index contributed by atoms with van der Waals surface area (Å²) in [4.78, 5) is 60.7. The molecule has 0 unspecified atom stereocenters. The first kappa shape index (κ1) is 22.5. The summed E-state index contributed by atoms with van der Waals surface area (Å²) < 4.78 is 0. The molecular weight excluding hydrogens is 398 g/mol. The van der Waals surface area contributed by atoms with Crippen molar-refractivity contribution in [2.45, 2.75) is 43.8 Å². The van der Waals surface area contributed by atoms with E-state index in [1.807, 2.05) is 0 Å². The summed E-state index contributed by atoms with van der Waals surface area (Å²) in [6.07, 6.45) is 5.29. The van der Waals surface area contributed by atoms with Crippen LogP contribution in [0.15, 0.2) is 25.0 Å². The van der Waals surface area contributed by atoms with Gasteiger partial charge in [0.2, 0.25) is 11.8 Å². The lowest BCUT2D eigenvalue weighted by atomic mass is 10.1. The number of aliphatic carboxylic acids is 2. The molecule has 0 radical (unpaired) electrons. The second kappa shape index (κ2) is 10.7. The van der Waals surface area contributed by atoms with Crippen molar-refractivity contribution in [1.29, 1.82) is 0 Å². The van der Waals surface area contributed by atoms with Crippen LogP contribution in [-0.4, -0.2) is 72.0 Å². The van der Waals surface area contributed by atoms with Gasteiger partial charge in [-0.1, -0.05) is 0 Å². The molecule has 0 aliphatic rings. The monoisotopic (exact) mass is 421 g/mol. The molecule has 13 heteroatoms. The lowest BCUT2D eigenvalue weighted by Crippen LogP contribution is -2.55. The molecule has 2 aromatic heterocycles. The van der Waals surface area contributed by atoms with Crippen LogP contribution < -0.4 is 16.4 Å². The second-order valence-corrected chi connectivity index (χ2v) is 6.53. The number of H-pyrrole nitrogens is 2. The van der Waals surface area contributed by atoms with E-state index in [0.717, 1.165) is 0 Å². The fourth-order valence-electron chi connectivity index (χ4n) is 2.62. The summed E-state index contributed by atoms with van der Waals surface area (Å²) in [5, 5.41) is 22.8. The Labute approximate surface area is 170 Å². The molecule has 8 N–H and O–H groups in total. The number of hydrogen-bond donors (Lipinski definition) is 7. The molecular formula is C17H23N7O6. The Kier molecular flexibility index (Phi) is 8.05. The number of carbonyl (C=O) groups is 4. The fourth-order valence-corrected chi connectivity index (χ4v) is 2.62. The van der Waals surface area contributed by atoms with Gasteiger partial charge >= 0.3 is 11.9 Å². The quantitative estimate of drug-likeness (QED) is 0.205. The summed E-state index contributed by atoms with van der Waals surface area (Å²) in [5.74, 6) is -4.01. The Balaban J connectivity index is 2.06. The Bertz CT molecular complexity index is 852. The van der Waals surface area contributed by atoms with E-state index in [-0.39, 0.29) is 19.3 Å². The number of rotatable bonds is 12.